The molecule has 2 aromatic rings. The van der Waals surface area contributed by atoms with Crippen LogP contribution in [0.25, 0.3) is 5.41 Å². The Morgan fingerprint density at radius 2 is 1.49 bits per heavy atom. The number of thioether (sulfide) groups is 1. The predicted molar refractivity (Wildman–Crippen MR) is 144 cm³/mol. The molecule has 5 unspecified atom stereocenters. The van der Waals surface area contributed by atoms with E-state index in [-0.39, 0.29) is 18.8 Å². The van der Waals surface area contributed by atoms with Gasteiger partial charge in [0.2, 0.25) is 0 Å². The van der Waals surface area contributed by atoms with Gasteiger partial charge in [0.1, 0.15) is 11.6 Å². The van der Waals surface area contributed by atoms with Gasteiger partial charge < -0.3 is 17.7 Å². The molecule has 35 heavy (non-hydrogen) atoms. The summed E-state index contributed by atoms with van der Waals surface area (Å²) in [6.07, 6.45) is 2.99. The first kappa shape index (κ1) is 30.6. The molecule has 0 radical (unpaired) electrons. The van der Waals surface area contributed by atoms with Gasteiger partial charge in [0.25, 0.3) is 0 Å². The summed E-state index contributed by atoms with van der Waals surface area (Å²) in [5.74, 6) is 1.68. The molecule has 2 nitrogen and oxygen atoms in total. The maximum atomic E-state index is 13.4. The Bertz CT molecular complexity index is 954. The van der Waals surface area contributed by atoms with Gasteiger partial charge in [-0.2, -0.15) is 0 Å². The van der Waals surface area contributed by atoms with E-state index in [1.807, 2.05) is 0 Å². The van der Waals surface area contributed by atoms with Crippen molar-refractivity contribution < 1.29 is 25.8 Å². The molecule has 2 aromatic carbocycles. The second kappa shape index (κ2) is 14.4. The molecule has 1 saturated heterocycles. The van der Waals surface area contributed by atoms with Crippen LogP contribution in [0.5, 0.6) is 0 Å². The Morgan fingerprint density at radius 1 is 0.914 bits per heavy atom. The van der Waals surface area contributed by atoms with E-state index in [1.54, 1.807) is 10.5 Å². The maximum absolute atomic E-state index is 13.4. The number of amidine groups is 1. The van der Waals surface area contributed by atoms with Gasteiger partial charge in [-0.3, -0.25) is 0 Å². The van der Waals surface area contributed by atoms with Crippen molar-refractivity contribution in [3.05, 3.63) is 78.1 Å². The van der Waals surface area contributed by atoms with E-state index in [0.717, 1.165) is 60.3 Å². The van der Waals surface area contributed by atoms with Crippen LogP contribution in [0.3, 0.4) is 0 Å². The normalized spacial score (nSPS) is 26.1. The number of nitrogens with zero attached hydrogens (tertiary/aromatic N) is 2. The van der Waals surface area contributed by atoms with Gasteiger partial charge >= 0.3 is 35.6 Å². The van der Waals surface area contributed by atoms with Gasteiger partial charge in [-0.05, 0) is 54.6 Å². The van der Waals surface area contributed by atoms with Gasteiger partial charge in [0.15, 0.2) is 0 Å². The van der Waals surface area contributed by atoms with Crippen LogP contribution in [-0.4, -0.2) is 29.1 Å². The van der Waals surface area contributed by atoms with Crippen molar-refractivity contribution in [2.45, 2.75) is 56.1 Å². The fourth-order valence-electron chi connectivity index (χ4n) is 5.36. The summed E-state index contributed by atoms with van der Waals surface area (Å²) in [5, 5.41) is 10.7. The summed E-state index contributed by atoms with van der Waals surface area (Å²) in [7, 11) is 9.78. The molecule has 2 aliphatic heterocycles. The van der Waals surface area contributed by atoms with Gasteiger partial charge in [-0.15, -0.1) is 11.8 Å². The number of likely N-dealkylation sites (tertiary alicyclic amines) is 1. The van der Waals surface area contributed by atoms with Crippen molar-refractivity contribution in [1.29, 1.82) is 0 Å². The van der Waals surface area contributed by atoms with Crippen LogP contribution < -0.4 is 0 Å². The van der Waals surface area contributed by atoms with Gasteiger partial charge in [0.05, 0.1) is 0 Å². The second-order valence-electron chi connectivity index (χ2n) is 9.26. The molecular formula is C27H34Cl2F2N2STi-2. The van der Waals surface area contributed by atoms with E-state index in [0.29, 0.717) is 13.1 Å². The van der Waals surface area contributed by atoms with Gasteiger partial charge in [-0.1, -0.05) is 70.1 Å². The molecule has 0 aromatic heterocycles. The topological polar surface area (TPSA) is 25.5 Å². The molecule has 0 bridgehead atoms. The van der Waals surface area contributed by atoms with Crippen molar-refractivity contribution in [1.82, 2.24) is 4.90 Å². The van der Waals surface area contributed by atoms with E-state index in [1.165, 1.54) is 11.0 Å². The van der Waals surface area contributed by atoms with Crippen LogP contribution in [0.1, 0.15) is 57.1 Å². The van der Waals surface area contributed by atoms with E-state index < -0.39 is 28.7 Å². The molecule has 0 amide bonds. The first-order valence-corrected chi connectivity index (χ1v) is 17.0. The van der Waals surface area contributed by atoms with Gasteiger partial charge in [-0.25, -0.2) is 8.78 Å². The summed E-state index contributed by atoms with van der Waals surface area (Å²) in [4.78, 5) is 3.17. The monoisotopic (exact) mass is 574 g/mol. The quantitative estimate of drug-likeness (QED) is 0.147. The molecule has 8 heteroatoms. The van der Waals surface area contributed by atoms with Crippen LogP contribution in [0.4, 0.5) is 8.78 Å². The molecule has 1 saturated carbocycles. The Hall–Kier alpha value is -0.586. The molecule has 2 fully saturated rings. The zero-order chi connectivity index (χ0) is 24.8. The first-order valence-electron chi connectivity index (χ1n) is 11.8. The standard InChI is InChI=1S/C14H18S.C12H13F2N2.CH3.2ClH.Ti/c1-8-9(2)13-11-6-4-5-7-12(11)15-14(13)10(8)3;13-9-5-4-6-10(14)11(9)12(15)16-7-2-1-3-8-16;;;;/h4-10,13-14H,1-3H3;4-6H,1-3,7-8H2;1H3;2*1H;/q;2*-1;;;+2/p-2. The number of fused-ring (bicyclic) bond motifs is 3. The average molecular weight is 575 g/mol. The van der Waals surface area contributed by atoms with Crippen molar-refractivity contribution in [3.8, 4) is 0 Å². The van der Waals surface area contributed by atoms with Crippen molar-refractivity contribution in [2.24, 2.45) is 17.8 Å². The zero-order valence-electron chi connectivity index (χ0n) is 20.8. The fourth-order valence-corrected chi connectivity index (χ4v) is 7.15. The largest absolute Gasteiger partial charge is 0.468 e. The number of benzene rings is 2. The minimum atomic E-state index is -0.719. The molecule has 0 spiro atoms. The van der Waals surface area contributed by atoms with Crippen LogP contribution in [0, 0.1) is 36.8 Å². The van der Waals surface area contributed by atoms with Crippen LogP contribution >= 0.6 is 30.4 Å². The molecule has 2 heterocycles. The van der Waals surface area contributed by atoms with Crippen LogP contribution in [0.2, 0.25) is 0 Å². The molecule has 0 N–H and O–H groups in total. The molecule has 5 rings (SSSR count). The van der Waals surface area contributed by atoms with E-state index in [9.17, 15) is 14.2 Å². The summed E-state index contributed by atoms with van der Waals surface area (Å²) in [6, 6.07) is 12.6. The first-order chi connectivity index (χ1) is 16.3. The summed E-state index contributed by atoms with van der Waals surface area (Å²) >= 11 is 1.57. The Kier molecular flexibility index (Phi) is 12.6. The third-order valence-corrected chi connectivity index (χ3v) is 9.10. The van der Waals surface area contributed by atoms with E-state index >= 15 is 0 Å². The Labute approximate surface area is 230 Å². The van der Waals surface area contributed by atoms with Crippen LogP contribution in [-0.2, 0) is 17.0 Å². The summed E-state index contributed by atoms with van der Waals surface area (Å²) in [6.45, 7) is 8.61. The molecule has 1 aliphatic carbocycles. The number of hydrogen-bond acceptors (Lipinski definition) is 1. The predicted octanol–water partition coefficient (Wildman–Crippen LogP) is 8.76. The van der Waals surface area contributed by atoms with Crippen molar-refractivity contribution in [3.63, 3.8) is 0 Å². The van der Waals surface area contributed by atoms with E-state index in [4.69, 9.17) is 18.6 Å². The smallest absolute Gasteiger partial charge is 0.133 e. The molecular weight excluding hydrogens is 541 g/mol. The van der Waals surface area contributed by atoms with Crippen molar-refractivity contribution in [2.75, 3.05) is 13.1 Å². The van der Waals surface area contributed by atoms with E-state index in [2.05, 4.69) is 56.8 Å². The van der Waals surface area contributed by atoms with Gasteiger partial charge in [0, 0.05) is 21.6 Å². The Morgan fingerprint density at radius 3 is 2.09 bits per heavy atom. The molecule has 5 atom stereocenters. The number of halogens is 4. The third kappa shape index (κ3) is 7.05. The zero-order valence-corrected chi connectivity index (χ0v) is 24.7. The van der Waals surface area contributed by atoms with Crippen LogP contribution in [0.15, 0.2) is 47.4 Å². The van der Waals surface area contributed by atoms with Crippen molar-refractivity contribution >= 4 is 36.2 Å². The Balaban J connectivity index is 0.000000217. The summed E-state index contributed by atoms with van der Waals surface area (Å²) < 4.78 is 26.8. The number of rotatable bonds is 1. The average Bonchev–Trinajstić information content (AvgIpc) is 3.32. The maximum Gasteiger partial charge on any atom is 0.133 e. The minimum absolute atomic E-state index is 0. The number of hydrogen-bond donors (Lipinski definition) is 0. The SMILES string of the molecule is CC1C(C)C2Sc3ccccc3C2C1C.[CH3-].[Cl][Ti][Cl].[N-]=C(c1c(F)cccc1F)N1CCCCC1. The third-order valence-electron chi connectivity index (χ3n) is 7.48. The second-order valence-corrected chi connectivity index (χ2v) is 13.1. The fraction of sp³-hybridized carbons (Fsp3) is 0.481. The minimum Gasteiger partial charge on any atom is -0.468 e. The number of piperidine rings is 1. The summed E-state index contributed by atoms with van der Waals surface area (Å²) in [5.41, 5.74) is 1.31. The molecule has 192 valence electrons. The molecule has 3 aliphatic rings.